The summed E-state index contributed by atoms with van der Waals surface area (Å²) in [4.78, 5) is 23.8. The van der Waals surface area contributed by atoms with Gasteiger partial charge in [-0.05, 0) is 44.6 Å². The first-order valence-corrected chi connectivity index (χ1v) is 8.41. The number of hydrogen-bond donors (Lipinski definition) is 0. The van der Waals surface area contributed by atoms with Crippen molar-refractivity contribution in [2.24, 2.45) is 17.8 Å². The second-order valence-corrected chi connectivity index (χ2v) is 7.48. The van der Waals surface area contributed by atoms with Gasteiger partial charge in [0.15, 0.2) is 5.60 Å². The van der Waals surface area contributed by atoms with Crippen LogP contribution in [0.4, 0.5) is 0 Å². The molecule has 6 nitrogen and oxygen atoms in total. The van der Waals surface area contributed by atoms with E-state index in [-0.39, 0.29) is 17.6 Å². The van der Waals surface area contributed by atoms with Gasteiger partial charge >= 0.3 is 5.97 Å². The van der Waals surface area contributed by atoms with Crippen LogP contribution in [-0.4, -0.2) is 30.8 Å². The van der Waals surface area contributed by atoms with Crippen LogP contribution in [0.2, 0.25) is 0 Å². The van der Waals surface area contributed by atoms with E-state index in [2.05, 4.69) is 6.92 Å². The van der Waals surface area contributed by atoms with Crippen molar-refractivity contribution < 1.29 is 28.8 Å². The zero-order valence-corrected chi connectivity index (χ0v) is 14.1. The van der Waals surface area contributed by atoms with Gasteiger partial charge in [-0.2, -0.15) is 0 Å². The van der Waals surface area contributed by atoms with Gasteiger partial charge in [0.1, 0.15) is 0 Å². The van der Waals surface area contributed by atoms with E-state index in [0.717, 1.165) is 31.3 Å². The first-order chi connectivity index (χ1) is 10.9. The van der Waals surface area contributed by atoms with E-state index in [1.807, 2.05) is 13.8 Å². The van der Waals surface area contributed by atoms with E-state index in [0.29, 0.717) is 5.92 Å². The van der Waals surface area contributed by atoms with E-state index in [4.69, 9.17) is 24.0 Å². The average molecular weight is 324 g/mol. The van der Waals surface area contributed by atoms with Gasteiger partial charge in [0.2, 0.25) is 17.8 Å². The molecule has 1 aliphatic carbocycles. The number of esters is 1. The summed E-state index contributed by atoms with van der Waals surface area (Å²) in [5.41, 5.74) is 0.206. The minimum Gasteiger partial charge on any atom is -0.463 e. The first kappa shape index (κ1) is 15.4. The van der Waals surface area contributed by atoms with Gasteiger partial charge in [-0.25, -0.2) is 14.6 Å². The molecule has 0 unspecified atom stereocenters. The van der Waals surface area contributed by atoms with Crippen LogP contribution in [-0.2, 0) is 28.8 Å². The molecule has 6 heteroatoms. The Kier molecular flexibility index (Phi) is 3.31. The molecule has 4 fully saturated rings. The number of carbonyl (C=O) groups is 1. The van der Waals surface area contributed by atoms with E-state index in [1.54, 1.807) is 0 Å². The minimum atomic E-state index is -0.829. The van der Waals surface area contributed by atoms with Crippen molar-refractivity contribution in [2.45, 2.75) is 64.1 Å². The molecule has 2 bridgehead atoms. The summed E-state index contributed by atoms with van der Waals surface area (Å²) in [6.45, 7) is 6.05. The molecular formula is C17H24O6. The average Bonchev–Trinajstić information content (AvgIpc) is 2.76. The molecule has 6 atom stereocenters. The smallest absolute Gasteiger partial charge is 0.373 e. The Morgan fingerprint density at radius 3 is 2.78 bits per heavy atom. The molecule has 23 heavy (non-hydrogen) atoms. The third-order valence-electron chi connectivity index (χ3n) is 6.19. The molecule has 5 aliphatic rings. The van der Waals surface area contributed by atoms with Crippen molar-refractivity contribution in [3.8, 4) is 0 Å². The number of rotatable bonds is 1. The maximum absolute atomic E-state index is 12.1. The first-order valence-electron chi connectivity index (χ1n) is 8.41. The standard InChI is InChI=1S/C17H24O6/c1-9-5-6-12-10(2)13(14(18)19-4)20-15-17(12)11(9)7-8-16(3,21-15)22-23-17/h9,11-12,15H,5-8H2,1-4H3/t9-,11+,12+,15-,16+,17-/m1/s1. The van der Waals surface area contributed by atoms with Crippen LogP contribution in [0.3, 0.4) is 0 Å². The molecular weight excluding hydrogens is 300 g/mol. The Morgan fingerprint density at radius 1 is 1.26 bits per heavy atom. The lowest BCUT2D eigenvalue weighted by molar-refractivity contribution is -0.556. The molecule has 4 heterocycles. The molecule has 0 radical (unpaired) electrons. The van der Waals surface area contributed by atoms with Crippen LogP contribution in [0, 0.1) is 17.8 Å². The van der Waals surface area contributed by atoms with Crippen LogP contribution >= 0.6 is 0 Å². The molecule has 0 N–H and O–H groups in total. The van der Waals surface area contributed by atoms with Gasteiger partial charge in [-0.1, -0.05) is 6.92 Å². The van der Waals surface area contributed by atoms with E-state index in [1.165, 1.54) is 7.11 Å². The molecule has 128 valence electrons. The molecule has 0 amide bonds. The number of methoxy groups -OCH3 is 1. The van der Waals surface area contributed by atoms with Crippen molar-refractivity contribution >= 4 is 5.97 Å². The molecule has 0 aromatic carbocycles. The highest BCUT2D eigenvalue weighted by atomic mass is 17.3. The van der Waals surface area contributed by atoms with Crippen molar-refractivity contribution in [2.75, 3.05) is 7.11 Å². The Balaban J connectivity index is 1.85. The lowest BCUT2D eigenvalue weighted by Crippen LogP contribution is -2.66. The lowest BCUT2D eigenvalue weighted by Gasteiger charge is -2.56. The van der Waals surface area contributed by atoms with Gasteiger partial charge in [-0.3, -0.25) is 0 Å². The Bertz CT molecular complexity index is 571. The van der Waals surface area contributed by atoms with Crippen LogP contribution in [0.1, 0.15) is 46.5 Å². The van der Waals surface area contributed by atoms with Crippen molar-refractivity contribution in [3.63, 3.8) is 0 Å². The predicted octanol–water partition coefficient (Wildman–Crippen LogP) is 2.68. The quantitative estimate of drug-likeness (QED) is 0.546. The summed E-state index contributed by atoms with van der Waals surface area (Å²) in [5, 5.41) is 0. The van der Waals surface area contributed by atoms with Crippen LogP contribution in [0.25, 0.3) is 0 Å². The third-order valence-corrected chi connectivity index (χ3v) is 6.19. The highest BCUT2D eigenvalue weighted by molar-refractivity contribution is 5.87. The second-order valence-electron chi connectivity index (χ2n) is 7.48. The molecule has 0 aromatic rings. The fourth-order valence-corrected chi connectivity index (χ4v) is 4.92. The molecule has 3 saturated heterocycles. The Morgan fingerprint density at radius 2 is 2.04 bits per heavy atom. The Labute approximate surface area is 136 Å². The second kappa shape index (κ2) is 4.94. The minimum absolute atomic E-state index is 0.0409. The van der Waals surface area contributed by atoms with E-state index in [9.17, 15) is 4.79 Å². The zero-order valence-electron chi connectivity index (χ0n) is 14.1. The maximum atomic E-state index is 12.1. The largest absolute Gasteiger partial charge is 0.463 e. The third kappa shape index (κ3) is 1.95. The molecule has 1 spiro atoms. The summed E-state index contributed by atoms with van der Waals surface area (Å²) in [6, 6.07) is 0. The fourth-order valence-electron chi connectivity index (χ4n) is 4.92. The van der Waals surface area contributed by atoms with Crippen molar-refractivity contribution in [1.29, 1.82) is 0 Å². The van der Waals surface area contributed by atoms with Crippen LogP contribution in [0.15, 0.2) is 11.3 Å². The number of carbonyl (C=O) groups excluding carboxylic acids is 1. The number of ether oxygens (including phenoxy) is 3. The Hall–Kier alpha value is -1.11. The van der Waals surface area contributed by atoms with Gasteiger partial charge in [0.05, 0.1) is 7.11 Å². The molecule has 4 aliphatic heterocycles. The summed E-state index contributed by atoms with van der Waals surface area (Å²) in [7, 11) is 1.36. The predicted molar refractivity (Wildman–Crippen MR) is 78.6 cm³/mol. The number of hydrogen-bond acceptors (Lipinski definition) is 6. The van der Waals surface area contributed by atoms with Crippen LogP contribution < -0.4 is 0 Å². The van der Waals surface area contributed by atoms with Crippen molar-refractivity contribution in [3.05, 3.63) is 11.3 Å². The van der Waals surface area contributed by atoms with Crippen LogP contribution in [0.5, 0.6) is 0 Å². The van der Waals surface area contributed by atoms with Crippen molar-refractivity contribution in [1.82, 2.24) is 0 Å². The van der Waals surface area contributed by atoms with Gasteiger partial charge in [0.25, 0.3) is 0 Å². The fraction of sp³-hybridized carbons (Fsp3) is 0.824. The zero-order chi connectivity index (χ0) is 16.4. The highest BCUT2D eigenvalue weighted by Gasteiger charge is 2.68. The summed E-state index contributed by atoms with van der Waals surface area (Å²) >= 11 is 0. The SMILES string of the molecule is COC(=O)C1=C(C)[C@@H]2CC[C@@H](C)[C@@H]3CC[C@]4(C)OO[C@@]23[C@H](O1)O4. The topological polar surface area (TPSA) is 63.2 Å². The molecule has 1 saturated carbocycles. The maximum Gasteiger partial charge on any atom is 0.373 e. The van der Waals surface area contributed by atoms with E-state index >= 15 is 0 Å². The monoisotopic (exact) mass is 324 g/mol. The molecule has 5 rings (SSSR count). The summed E-state index contributed by atoms with van der Waals surface area (Å²) < 4.78 is 17.0. The summed E-state index contributed by atoms with van der Waals surface area (Å²) in [6.07, 6.45) is 3.10. The van der Waals surface area contributed by atoms with E-state index < -0.39 is 23.6 Å². The highest BCUT2D eigenvalue weighted by Crippen LogP contribution is 2.60. The molecule has 0 aromatic heterocycles. The number of fused-ring (bicyclic) bond motifs is 2. The van der Waals surface area contributed by atoms with Gasteiger partial charge in [-0.15, -0.1) is 0 Å². The summed E-state index contributed by atoms with van der Waals surface area (Å²) in [5.74, 6) is -0.200. The lowest BCUT2D eigenvalue weighted by atomic mass is 9.59. The van der Waals surface area contributed by atoms with Gasteiger partial charge < -0.3 is 14.2 Å². The van der Waals surface area contributed by atoms with Gasteiger partial charge in [0, 0.05) is 18.3 Å². The normalized spacial score (nSPS) is 48.3.